The lowest BCUT2D eigenvalue weighted by molar-refractivity contribution is 0.0523. The first-order valence-corrected chi connectivity index (χ1v) is 6.46. The molecule has 0 unspecified atom stereocenters. The summed E-state index contributed by atoms with van der Waals surface area (Å²) in [5.41, 5.74) is -0.522. The van der Waals surface area contributed by atoms with Gasteiger partial charge in [0.15, 0.2) is 0 Å². The van der Waals surface area contributed by atoms with Crippen LogP contribution in [0.1, 0.15) is 37.7 Å². The molecule has 1 amide bonds. The topological polar surface area (TPSA) is 99.9 Å². The zero-order valence-electron chi connectivity index (χ0n) is 12.6. The number of alkyl carbamates (subject to hydrolysis) is 1. The fraction of sp³-hybridized carbons (Fsp3) is 0.615. The van der Waals surface area contributed by atoms with E-state index in [0.717, 1.165) is 0 Å². The number of rotatable bonds is 6. The maximum absolute atomic E-state index is 11.4. The van der Waals surface area contributed by atoms with Crippen LogP contribution in [0, 0.1) is 0 Å². The molecular formula is C13H20N2O6. The van der Waals surface area contributed by atoms with E-state index in [-0.39, 0.29) is 11.6 Å². The number of hydrogen-bond donors (Lipinski definition) is 1. The summed E-state index contributed by atoms with van der Waals surface area (Å²) in [5, 5.41) is 6.16. The quantitative estimate of drug-likeness (QED) is 0.631. The minimum Gasteiger partial charge on any atom is -0.475 e. The number of carbonyl (C=O) groups is 2. The van der Waals surface area contributed by atoms with Gasteiger partial charge in [-0.1, -0.05) is 0 Å². The van der Waals surface area contributed by atoms with E-state index in [4.69, 9.17) is 14.0 Å². The van der Waals surface area contributed by atoms with E-state index in [2.05, 4.69) is 15.2 Å². The van der Waals surface area contributed by atoms with E-state index >= 15 is 0 Å². The molecule has 8 heteroatoms. The highest BCUT2D eigenvalue weighted by atomic mass is 16.6. The van der Waals surface area contributed by atoms with Crippen LogP contribution in [-0.2, 0) is 9.47 Å². The number of aromatic nitrogens is 1. The molecule has 0 aliphatic rings. The van der Waals surface area contributed by atoms with Gasteiger partial charge in [-0.25, -0.2) is 9.59 Å². The molecule has 0 fully saturated rings. The van der Waals surface area contributed by atoms with Gasteiger partial charge in [-0.3, -0.25) is 0 Å². The number of carbonyl (C=O) groups excluding carboxylic acids is 2. The normalized spacial score (nSPS) is 10.9. The smallest absolute Gasteiger partial charge is 0.407 e. The summed E-state index contributed by atoms with van der Waals surface area (Å²) in [6.07, 6.45) is 0.0801. The molecule has 21 heavy (non-hydrogen) atoms. The highest BCUT2D eigenvalue weighted by molar-refractivity contribution is 5.86. The first kappa shape index (κ1) is 16.8. The summed E-state index contributed by atoms with van der Waals surface area (Å²) in [6, 6.07) is 1.34. The lowest BCUT2D eigenvalue weighted by Gasteiger charge is -2.19. The third-order valence-corrected chi connectivity index (χ3v) is 2.11. The van der Waals surface area contributed by atoms with Crippen molar-refractivity contribution in [2.45, 2.75) is 32.8 Å². The molecule has 0 aliphatic heterocycles. The lowest BCUT2D eigenvalue weighted by atomic mass is 10.2. The fourth-order valence-electron chi connectivity index (χ4n) is 1.28. The van der Waals surface area contributed by atoms with Gasteiger partial charge in [0, 0.05) is 6.54 Å². The van der Waals surface area contributed by atoms with Crippen molar-refractivity contribution in [2.24, 2.45) is 0 Å². The van der Waals surface area contributed by atoms with Crippen molar-refractivity contribution in [3.8, 4) is 5.88 Å². The summed E-state index contributed by atoms with van der Waals surface area (Å²) in [4.78, 5) is 22.5. The zero-order valence-corrected chi connectivity index (χ0v) is 12.6. The molecule has 1 aromatic heterocycles. The molecule has 0 saturated heterocycles. The predicted octanol–water partition coefficient (Wildman–Crippen LogP) is 1.75. The molecule has 0 bridgehead atoms. The molecule has 1 aromatic rings. The Balaban J connectivity index is 2.18. The average molecular weight is 300 g/mol. The average Bonchev–Trinajstić information content (AvgIpc) is 2.84. The molecule has 0 saturated carbocycles. The summed E-state index contributed by atoms with van der Waals surface area (Å²) < 4.78 is 19.5. The molecular weight excluding hydrogens is 280 g/mol. The van der Waals surface area contributed by atoms with Crippen molar-refractivity contribution >= 4 is 12.1 Å². The SMILES string of the molecule is COC(=O)c1cc(OCCCNC(=O)OC(C)(C)C)no1. The second-order valence-electron chi connectivity index (χ2n) is 5.15. The molecule has 0 atom stereocenters. The molecule has 0 radical (unpaired) electrons. The number of amides is 1. The van der Waals surface area contributed by atoms with Gasteiger partial charge in [-0.2, -0.15) is 0 Å². The Kier molecular flexibility index (Phi) is 6.01. The Bertz CT molecular complexity index is 477. The van der Waals surface area contributed by atoms with E-state index in [1.54, 1.807) is 20.8 Å². The second kappa shape index (κ2) is 7.51. The van der Waals surface area contributed by atoms with Crippen LogP contribution < -0.4 is 10.1 Å². The van der Waals surface area contributed by atoms with Crippen molar-refractivity contribution in [3.05, 3.63) is 11.8 Å². The standard InChI is InChI=1S/C13H20N2O6/c1-13(2,3)20-12(17)14-6-5-7-19-10-8-9(21-15-10)11(16)18-4/h8H,5-7H2,1-4H3,(H,14,17). The van der Waals surface area contributed by atoms with Crippen molar-refractivity contribution in [1.29, 1.82) is 0 Å². The first-order chi connectivity index (χ1) is 9.81. The van der Waals surface area contributed by atoms with Crippen LogP contribution in [0.25, 0.3) is 0 Å². The van der Waals surface area contributed by atoms with Gasteiger partial charge in [0.2, 0.25) is 5.76 Å². The molecule has 1 N–H and O–H groups in total. The zero-order chi connectivity index (χ0) is 15.9. The van der Waals surface area contributed by atoms with E-state index in [1.165, 1.54) is 13.2 Å². The van der Waals surface area contributed by atoms with Crippen LogP contribution in [0.4, 0.5) is 4.79 Å². The predicted molar refractivity (Wildman–Crippen MR) is 72.2 cm³/mol. The van der Waals surface area contributed by atoms with Crippen LogP contribution in [0.2, 0.25) is 0 Å². The first-order valence-electron chi connectivity index (χ1n) is 6.46. The van der Waals surface area contributed by atoms with Gasteiger partial charge < -0.3 is 24.1 Å². The van der Waals surface area contributed by atoms with E-state index in [9.17, 15) is 9.59 Å². The van der Waals surface area contributed by atoms with Crippen molar-refractivity contribution in [3.63, 3.8) is 0 Å². The van der Waals surface area contributed by atoms with E-state index in [0.29, 0.717) is 19.6 Å². The number of methoxy groups -OCH3 is 1. The molecule has 118 valence electrons. The number of esters is 1. The Hall–Kier alpha value is -2.25. The fourth-order valence-corrected chi connectivity index (χ4v) is 1.28. The molecule has 0 aromatic carbocycles. The maximum Gasteiger partial charge on any atom is 0.407 e. The van der Waals surface area contributed by atoms with Gasteiger partial charge in [-0.05, 0) is 32.3 Å². The summed E-state index contributed by atoms with van der Waals surface area (Å²) in [7, 11) is 1.24. The third-order valence-electron chi connectivity index (χ3n) is 2.11. The van der Waals surface area contributed by atoms with Crippen LogP contribution in [0.5, 0.6) is 5.88 Å². The van der Waals surface area contributed by atoms with Crippen LogP contribution >= 0.6 is 0 Å². The molecule has 8 nitrogen and oxygen atoms in total. The summed E-state index contributed by atoms with van der Waals surface area (Å²) >= 11 is 0. The lowest BCUT2D eigenvalue weighted by Crippen LogP contribution is -2.33. The number of nitrogens with zero attached hydrogens (tertiary/aromatic N) is 1. The summed E-state index contributed by atoms with van der Waals surface area (Å²) in [6.45, 7) is 6.08. The third kappa shape index (κ3) is 6.64. The number of ether oxygens (including phenoxy) is 3. The van der Waals surface area contributed by atoms with Gasteiger partial charge >= 0.3 is 12.1 Å². The van der Waals surface area contributed by atoms with E-state index < -0.39 is 17.7 Å². The van der Waals surface area contributed by atoms with Gasteiger partial charge in [0.1, 0.15) is 5.60 Å². The number of hydrogen-bond acceptors (Lipinski definition) is 7. The van der Waals surface area contributed by atoms with E-state index in [1.807, 2.05) is 0 Å². The minimum atomic E-state index is -0.621. The highest BCUT2D eigenvalue weighted by Gasteiger charge is 2.16. The molecule has 0 spiro atoms. The number of nitrogens with one attached hydrogen (secondary N) is 1. The Labute approximate surface area is 122 Å². The van der Waals surface area contributed by atoms with Crippen molar-refractivity contribution in [2.75, 3.05) is 20.3 Å². The summed E-state index contributed by atoms with van der Waals surface area (Å²) in [5.74, 6) is -0.462. The highest BCUT2D eigenvalue weighted by Crippen LogP contribution is 2.12. The Morgan fingerprint density at radius 3 is 2.71 bits per heavy atom. The maximum atomic E-state index is 11.4. The van der Waals surface area contributed by atoms with Crippen molar-refractivity contribution < 1.29 is 28.3 Å². The largest absolute Gasteiger partial charge is 0.475 e. The second-order valence-corrected chi connectivity index (χ2v) is 5.15. The Morgan fingerprint density at radius 2 is 2.10 bits per heavy atom. The molecule has 1 rings (SSSR count). The molecule has 0 aliphatic carbocycles. The van der Waals surface area contributed by atoms with Crippen LogP contribution in [-0.4, -0.2) is 43.1 Å². The monoisotopic (exact) mass is 300 g/mol. The van der Waals surface area contributed by atoms with Gasteiger partial charge in [-0.15, -0.1) is 0 Å². The van der Waals surface area contributed by atoms with Gasteiger partial charge in [0.25, 0.3) is 5.88 Å². The minimum absolute atomic E-state index is 0.0284. The Morgan fingerprint density at radius 1 is 1.38 bits per heavy atom. The van der Waals surface area contributed by atoms with Gasteiger partial charge in [0.05, 0.1) is 19.8 Å². The van der Waals surface area contributed by atoms with Crippen molar-refractivity contribution in [1.82, 2.24) is 10.5 Å². The van der Waals surface area contributed by atoms with Crippen LogP contribution in [0.3, 0.4) is 0 Å². The molecule has 1 heterocycles. The van der Waals surface area contributed by atoms with Crippen LogP contribution in [0.15, 0.2) is 10.6 Å².